The third-order valence-electron chi connectivity index (χ3n) is 1.54. The maximum Gasteiger partial charge on any atom is 0.279 e. The third-order valence-corrected chi connectivity index (χ3v) is 1.83. The Labute approximate surface area is 82.5 Å². The van der Waals surface area contributed by atoms with Crippen LogP contribution in [0.3, 0.4) is 0 Å². The zero-order chi connectivity index (χ0) is 10.9. The molecule has 0 amide bonds. The molecular formula is C7H5ClFNO4. The average molecular weight is 222 g/mol. The Kier molecular flexibility index (Phi) is 3.00. The van der Waals surface area contributed by atoms with E-state index in [0.29, 0.717) is 6.07 Å². The summed E-state index contributed by atoms with van der Waals surface area (Å²) in [5, 5.41) is 27.4. The van der Waals surface area contributed by atoms with Crippen LogP contribution >= 0.6 is 11.6 Å². The molecule has 2 N–H and O–H groups in total. The van der Waals surface area contributed by atoms with Crippen molar-refractivity contribution >= 4 is 17.3 Å². The molecule has 0 aromatic heterocycles. The lowest BCUT2D eigenvalue weighted by Crippen LogP contribution is -2.02. The first-order valence-corrected chi connectivity index (χ1v) is 3.80. The van der Waals surface area contributed by atoms with Crippen molar-refractivity contribution < 1.29 is 19.5 Å². The van der Waals surface area contributed by atoms with Crippen molar-refractivity contribution in [2.24, 2.45) is 0 Å². The van der Waals surface area contributed by atoms with Crippen LogP contribution in [0.1, 0.15) is 11.9 Å². The summed E-state index contributed by atoms with van der Waals surface area (Å²) in [5.41, 5.74) is -1.16. The first-order chi connectivity index (χ1) is 6.43. The predicted octanol–water partition coefficient (Wildman–Crippen LogP) is 1.37. The number of aliphatic hydroxyl groups is 2. The Hall–Kier alpha value is -1.24. The number of rotatable bonds is 2. The molecule has 0 saturated carbocycles. The van der Waals surface area contributed by atoms with E-state index in [9.17, 15) is 14.5 Å². The monoisotopic (exact) mass is 221 g/mol. The Morgan fingerprint density at radius 2 is 2.07 bits per heavy atom. The Morgan fingerprint density at radius 1 is 1.50 bits per heavy atom. The first kappa shape index (κ1) is 10.8. The molecular weight excluding hydrogens is 217 g/mol. The minimum absolute atomic E-state index is 0.443. The van der Waals surface area contributed by atoms with Gasteiger partial charge in [-0.25, -0.2) is 4.39 Å². The van der Waals surface area contributed by atoms with Gasteiger partial charge in [-0.05, 0) is 6.07 Å². The largest absolute Gasteiger partial charge is 0.364 e. The van der Waals surface area contributed by atoms with Crippen LogP contribution in [0.25, 0.3) is 0 Å². The minimum Gasteiger partial charge on any atom is -0.364 e. The number of hydrogen-bond donors (Lipinski definition) is 2. The second-order valence-electron chi connectivity index (χ2n) is 2.46. The van der Waals surface area contributed by atoms with Crippen LogP contribution < -0.4 is 0 Å². The fourth-order valence-corrected chi connectivity index (χ4v) is 1.07. The second-order valence-corrected chi connectivity index (χ2v) is 2.86. The van der Waals surface area contributed by atoms with Crippen LogP contribution in [-0.4, -0.2) is 15.1 Å². The molecule has 1 aromatic carbocycles. The molecule has 14 heavy (non-hydrogen) atoms. The zero-order valence-electron chi connectivity index (χ0n) is 6.65. The summed E-state index contributed by atoms with van der Waals surface area (Å²) in [5.74, 6) is -0.944. The van der Waals surface area contributed by atoms with Gasteiger partial charge in [0.05, 0.1) is 15.5 Å². The lowest BCUT2D eigenvalue weighted by atomic mass is 10.1. The van der Waals surface area contributed by atoms with Crippen LogP contribution in [0.5, 0.6) is 0 Å². The van der Waals surface area contributed by atoms with E-state index in [2.05, 4.69) is 0 Å². The van der Waals surface area contributed by atoms with Gasteiger partial charge >= 0.3 is 0 Å². The number of nitrogens with zero attached hydrogens (tertiary/aromatic N) is 1. The van der Waals surface area contributed by atoms with Crippen LogP contribution in [0.2, 0.25) is 5.02 Å². The van der Waals surface area contributed by atoms with E-state index in [1.165, 1.54) is 0 Å². The molecule has 0 aliphatic heterocycles. The van der Waals surface area contributed by atoms with E-state index in [1.54, 1.807) is 0 Å². The van der Waals surface area contributed by atoms with Gasteiger partial charge in [0, 0.05) is 6.07 Å². The van der Waals surface area contributed by atoms with E-state index in [-0.39, 0.29) is 0 Å². The highest BCUT2D eigenvalue weighted by Gasteiger charge is 2.21. The Bertz CT molecular complexity index is 382. The van der Waals surface area contributed by atoms with Crippen molar-refractivity contribution in [3.63, 3.8) is 0 Å². The van der Waals surface area contributed by atoms with Crippen LogP contribution in [-0.2, 0) is 0 Å². The molecule has 0 bridgehead atoms. The van der Waals surface area contributed by atoms with E-state index in [1.807, 2.05) is 0 Å². The zero-order valence-corrected chi connectivity index (χ0v) is 7.40. The molecule has 0 unspecified atom stereocenters. The summed E-state index contributed by atoms with van der Waals surface area (Å²) in [4.78, 5) is 9.52. The van der Waals surface area contributed by atoms with E-state index in [4.69, 9.17) is 21.8 Å². The fraction of sp³-hybridized carbons (Fsp3) is 0.143. The van der Waals surface area contributed by atoms with Gasteiger partial charge < -0.3 is 10.2 Å². The molecule has 0 aliphatic carbocycles. The van der Waals surface area contributed by atoms with Crippen LogP contribution in [0.4, 0.5) is 10.1 Å². The Morgan fingerprint density at radius 3 is 2.50 bits per heavy atom. The molecule has 5 nitrogen and oxygen atoms in total. The van der Waals surface area contributed by atoms with Gasteiger partial charge in [-0.1, -0.05) is 11.6 Å². The Balaban J connectivity index is 3.39. The van der Waals surface area contributed by atoms with Gasteiger partial charge in [-0.15, -0.1) is 0 Å². The number of halogens is 2. The number of nitro benzene ring substituents is 1. The van der Waals surface area contributed by atoms with Gasteiger partial charge in [-0.2, -0.15) is 0 Å². The molecule has 1 rings (SSSR count). The van der Waals surface area contributed by atoms with Crippen molar-refractivity contribution in [3.05, 3.63) is 38.7 Å². The standard InChI is InChI=1S/C7H5ClFNO4/c8-4-2-6(10(13)14)3(7(11)12)1-5(4)9/h1-2,7,11-12H. The third kappa shape index (κ3) is 1.98. The number of benzene rings is 1. The second kappa shape index (κ2) is 3.87. The number of hydrogen-bond acceptors (Lipinski definition) is 4. The van der Waals surface area contributed by atoms with Crippen LogP contribution in [0.15, 0.2) is 12.1 Å². The molecule has 0 fully saturated rings. The summed E-state index contributed by atoms with van der Waals surface area (Å²) < 4.78 is 12.8. The maximum absolute atomic E-state index is 12.8. The summed E-state index contributed by atoms with van der Waals surface area (Å²) in [6.07, 6.45) is -2.11. The quantitative estimate of drug-likeness (QED) is 0.449. The molecule has 7 heteroatoms. The molecule has 0 saturated heterocycles. The van der Waals surface area contributed by atoms with E-state index < -0.39 is 33.3 Å². The molecule has 0 spiro atoms. The normalized spacial score (nSPS) is 10.6. The molecule has 0 atom stereocenters. The fourth-order valence-electron chi connectivity index (χ4n) is 0.917. The highest BCUT2D eigenvalue weighted by Crippen LogP contribution is 2.29. The van der Waals surface area contributed by atoms with Gasteiger partial charge in [-0.3, -0.25) is 10.1 Å². The van der Waals surface area contributed by atoms with E-state index >= 15 is 0 Å². The summed E-state index contributed by atoms with van der Waals surface area (Å²) >= 11 is 5.29. The topological polar surface area (TPSA) is 83.6 Å². The lowest BCUT2D eigenvalue weighted by molar-refractivity contribution is -0.386. The van der Waals surface area contributed by atoms with Gasteiger partial charge in [0.2, 0.25) is 0 Å². The lowest BCUT2D eigenvalue weighted by Gasteiger charge is -2.05. The van der Waals surface area contributed by atoms with Crippen molar-refractivity contribution in [3.8, 4) is 0 Å². The minimum atomic E-state index is -2.11. The van der Waals surface area contributed by atoms with Gasteiger partial charge in [0.1, 0.15) is 5.82 Å². The molecule has 0 radical (unpaired) electrons. The summed E-state index contributed by atoms with van der Waals surface area (Å²) in [6, 6.07) is 1.34. The first-order valence-electron chi connectivity index (χ1n) is 3.43. The van der Waals surface area contributed by atoms with Crippen molar-refractivity contribution in [2.45, 2.75) is 6.29 Å². The SMILES string of the molecule is O=[N+]([O-])c1cc(Cl)c(F)cc1C(O)O. The van der Waals surface area contributed by atoms with Crippen molar-refractivity contribution in [2.75, 3.05) is 0 Å². The average Bonchev–Trinajstić information content (AvgIpc) is 2.08. The van der Waals surface area contributed by atoms with Gasteiger partial charge in [0.15, 0.2) is 6.29 Å². The predicted molar refractivity (Wildman–Crippen MR) is 45.2 cm³/mol. The van der Waals surface area contributed by atoms with Crippen LogP contribution in [0, 0.1) is 15.9 Å². The van der Waals surface area contributed by atoms with Crippen molar-refractivity contribution in [1.29, 1.82) is 0 Å². The molecule has 1 aromatic rings. The number of nitro groups is 1. The van der Waals surface area contributed by atoms with E-state index in [0.717, 1.165) is 6.07 Å². The molecule has 76 valence electrons. The van der Waals surface area contributed by atoms with Crippen molar-refractivity contribution in [1.82, 2.24) is 0 Å². The maximum atomic E-state index is 12.8. The summed E-state index contributed by atoms with van der Waals surface area (Å²) in [7, 11) is 0. The highest BCUT2D eigenvalue weighted by atomic mass is 35.5. The highest BCUT2D eigenvalue weighted by molar-refractivity contribution is 6.31. The number of aliphatic hydroxyl groups excluding tert-OH is 1. The van der Waals surface area contributed by atoms with Gasteiger partial charge in [0.25, 0.3) is 5.69 Å². The molecule has 0 heterocycles. The smallest absolute Gasteiger partial charge is 0.279 e. The molecule has 0 aliphatic rings. The summed E-state index contributed by atoms with van der Waals surface area (Å²) in [6.45, 7) is 0.